The summed E-state index contributed by atoms with van der Waals surface area (Å²) < 4.78 is 6.50. The van der Waals surface area contributed by atoms with Crippen LogP contribution in [0.5, 0.6) is 0 Å². The Hall–Kier alpha value is -2.42. The summed E-state index contributed by atoms with van der Waals surface area (Å²) in [6, 6.07) is 7.92. The topological polar surface area (TPSA) is 79.7 Å². The molecule has 0 bridgehead atoms. The highest BCUT2D eigenvalue weighted by Crippen LogP contribution is 2.16. The van der Waals surface area contributed by atoms with E-state index in [1.807, 2.05) is 24.3 Å². The summed E-state index contributed by atoms with van der Waals surface area (Å²) in [6.07, 6.45) is 2.40. The molecule has 0 unspecified atom stereocenters. The zero-order valence-electron chi connectivity index (χ0n) is 17.4. The molecule has 30 heavy (non-hydrogen) atoms. The highest BCUT2D eigenvalue weighted by molar-refractivity contribution is 6.30. The quantitative estimate of drug-likeness (QED) is 0.675. The summed E-state index contributed by atoms with van der Waals surface area (Å²) >= 11 is 5.96. The number of amides is 1. The second-order valence-electron chi connectivity index (χ2n) is 7.33. The Balaban J connectivity index is 1.52. The molecule has 1 aromatic heterocycles. The Morgan fingerprint density at radius 1 is 1.13 bits per heavy atom. The van der Waals surface area contributed by atoms with Crippen LogP contribution >= 0.6 is 11.6 Å². The van der Waals surface area contributed by atoms with Crippen molar-refractivity contribution in [2.75, 3.05) is 44.6 Å². The number of hydrogen-bond donors (Lipinski definition) is 1. The third kappa shape index (κ3) is 6.04. The number of esters is 1. The van der Waals surface area contributed by atoms with Gasteiger partial charge < -0.3 is 10.1 Å². The molecule has 3 rings (SSSR count). The fourth-order valence-electron chi connectivity index (χ4n) is 3.51. The van der Waals surface area contributed by atoms with Crippen molar-refractivity contribution >= 4 is 29.3 Å². The van der Waals surface area contributed by atoms with Gasteiger partial charge in [-0.25, -0.2) is 4.79 Å². The van der Waals surface area contributed by atoms with Gasteiger partial charge in [-0.15, -0.1) is 0 Å². The third-order valence-corrected chi connectivity index (χ3v) is 5.31. The van der Waals surface area contributed by atoms with Gasteiger partial charge in [-0.3, -0.25) is 19.3 Å². The molecular weight excluding hydrogens is 406 g/mol. The molecule has 162 valence electrons. The van der Waals surface area contributed by atoms with Gasteiger partial charge in [0.15, 0.2) is 0 Å². The average Bonchev–Trinajstić information content (AvgIpc) is 2.93. The largest absolute Gasteiger partial charge is 0.462 e. The molecule has 1 N–H and O–H groups in total. The van der Waals surface area contributed by atoms with Gasteiger partial charge in [-0.1, -0.05) is 23.7 Å². The molecule has 0 aliphatic carbocycles. The lowest BCUT2D eigenvalue weighted by atomic mass is 10.2. The van der Waals surface area contributed by atoms with Crippen molar-refractivity contribution in [1.29, 1.82) is 0 Å². The number of anilines is 1. The van der Waals surface area contributed by atoms with E-state index >= 15 is 0 Å². The van der Waals surface area contributed by atoms with E-state index in [0.717, 1.165) is 44.2 Å². The third-order valence-electron chi connectivity index (χ3n) is 5.06. The summed E-state index contributed by atoms with van der Waals surface area (Å²) in [5.74, 6) is -0.304. The zero-order valence-corrected chi connectivity index (χ0v) is 18.2. The molecule has 0 radical (unpaired) electrons. The molecule has 0 atom stereocenters. The summed E-state index contributed by atoms with van der Waals surface area (Å²) in [5.41, 5.74) is 1.49. The SMILES string of the molecule is CCOC(=O)c1cnn(C)c1NC(=O)CN1CCCN(Cc2ccc(Cl)cc2)CC1. The van der Waals surface area contributed by atoms with Crippen LogP contribution in [0.15, 0.2) is 30.5 Å². The van der Waals surface area contributed by atoms with Crippen LogP contribution < -0.4 is 5.32 Å². The van der Waals surface area contributed by atoms with Gasteiger partial charge >= 0.3 is 5.97 Å². The zero-order chi connectivity index (χ0) is 21.5. The highest BCUT2D eigenvalue weighted by atomic mass is 35.5. The maximum absolute atomic E-state index is 12.6. The summed E-state index contributed by atoms with van der Waals surface area (Å²) in [6.45, 7) is 6.66. The molecule has 1 aliphatic heterocycles. The number of hydrogen-bond acceptors (Lipinski definition) is 6. The summed E-state index contributed by atoms with van der Waals surface area (Å²) in [4.78, 5) is 29.2. The van der Waals surface area contributed by atoms with Gasteiger partial charge in [0, 0.05) is 31.7 Å². The van der Waals surface area contributed by atoms with E-state index in [4.69, 9.17) is 16.3 Å². The van der Waals surface area contributed by atoms with E-state index in [9.17, 15) is 9.59 Å². The summed E-state index contributed by atoms with van der Waals surface area (Å²) in [7, 11) is 1.68. The summed E-state index contributed by atoms with van der Waals surface area (Å²) in [5, 5.41) is 7.62. The van der Waals surface area contributed by atoms with E-state index in [1.54, 1.807) is 14.0 Å². The molecule has 1 saturated heterocycles. The smallest absolute Gasteiger partial charge is 0.343 e. The van der Waals surface area contributed by atoms with E-state index in [0.29, 0.717) is 5.82 Å². The molecule has 1 amide bonds. The monoisotopic (exact) mass is 433 g/mol. The lowest BCUT2D eigenvalue weighted by Gasteiger charge is -2.21. The number of aromatic nitrogens is 2. The van der Waals surface area contributed by atoms with Crippen molar-refractivity contribution in [3.63, 3.8) is 0 Å². The Morgan fingerprint density at radius 2 is 1.83 bits per heavy atom. The number of nitrogens with zero attached hydrogens (tertiary/aromatic N) is 4. The lowest BCUT2D eigenvalue weighted by Crippen LogP contribution is -2.36. The number of carbonyl (C=O) groups is 2. The van der Waals surface area contributed by atoms with Crippen molar-refractivity contribution in [1.82, 2.24) is 19.6 Å². The van der Waals surface area contributed by atoms with Crippen molar-refractivity contribution in [2.45, 2.75) is 19.9 Å². The van der Waals surface area contributed by atoms with Crippen molar-refractivity contribution in [2.24, 2.45) is 7.05 Å². The van der Waals surface area contributed by atoms with E-state index < -0.39 is 5.97 Å². The van der Waals surface area contributed by atoms with Gasteiger partial charge in [-0.2, -0.15) is 5.10 Å². The van der Waals surface area contributed by atoms with Crippen LogP contribution in [0.3, 0.4) is 0 Å². The minimum Gasteiger partial charge on any atom is -0.462 e. The first-order chi connectivity index (χ1) is 14.5. The highest BCUT2D eigenvalue weighted by Gasteiger charge is 2.21. The molecule has 2 heterocycles. The molecular formula is C21H28ClN5O3. The minimum absolute atomic E-state index is 0.171. The van der Waals surface area contributed by atoms with Crippen molar-refractivity contribution in [3.05, 3.63) is 46.6 Å². The molecule has 0 saturated carbocycles. The number of carbonyl (C=O) groups excluding carboxylic acids is 2. The number of halogens is 1. The predicted octanol–water partition coefficient (Wildman–Crippen LogP) is 2.40. The van der Waals surface area contributed by atoms with Crippen molar-refractivity contribution in [3.8, 4) is 0 Å². The maximum atomic E-state index is 12.6. The van der Waals surface area contributed by atoms with E-state index in [1.165, 1.54) is 16.4 Å². The number of ether oxygens (including phenoxy) is 1. The second-order valence-corrected chi connectivity index (χ2v) is 7.77. The van der Waals surface area contributed by atoms with Gasteiger partial charge in [0.05, 0.1) is 19.3 Å². The van der Waals surface area contributed by atoms with Gasteiger partial charge in [-0.05, 0) is 44.1 Å². The molecule has 1 aromatic carbocycles. The van der Waals surface area contributed by atoms with E-state index in [-0.39, 0.29) is 24.6 Å². The number of rotatable bonds is 7. The Labute approximate surface area is 181 Å². The first-order valence-electron chi connectivity index (χ1n) is 10.1. The predicted molar refractivity (Wildman–Crippen MR) is 116 cm³/mol. The average molecular weight is 434 g/mol. The normalized spacial score (nSPS) is 15.6. The standard InChI is InChI=1S/C21H28ClN5O3/c1-3-30-21(29)18-13-23-25(2)20(18)24-19(28)15-27-10-4-9-26(11-12-27)14-16-5-7-17(22)8-6-16/h5-8,13H,3-4,9-12,14-15H2,1-2H3,(H,24,28). The number of aryl methyl sites for hydroxylation is 1. The first kappa shape index (κ1) is 22.3. The second kappa shape index (κ2) is 10.6. The first-order valence-corrected chi connectivity index (χ1v) is 10.5. The molecule has 1 aliphatic rings. The van der Waals surface area contributed by atoms with Crippen LogP contribution in [0, 0.1) is 0 Å². The van der Waals surface area contributed by atoms with Crippen LogP contribution in [-0.2, 0) is 23.1 Å². The molecule has 8 nitrogen and oxygen atoms in total. The Kier molecular flexibility index (Phi) is 7.84. The number of benzene rings is 1. The van der Waals surface area contributed by atoms with E-state index in [2.05, 4.69) is 20.2 Å². The Bertz CT molecular complexity index is 868. The van der Waals surface area contributed by atoms with Crippen molar-refractivity contribution < 1.29 is 14.3 Å². The van der Waals surface area contributed by atoms with Crippen LogP contribution in [0.4, 0.5) is 5.82 Å². The Morgan fingerprint density at radius 3 is 2.57 bits per heavy atom. The number of nitrogens with one attached hydrogen (secondary N) is 1. The van der Waals surface area contributed by atoms with Gasteiger partial charge in [0.2, 0.25) is 5.91 Å². The maximum Gasteiger partial charge on any atom is 0.343 e. The molecule has 9 heteroatoms. The molecule has 1 fully saturated rings. The molecule has 2 aromatic rings. The fraction of sp³-hybridized carbons (Fsp3) is 0.476. The minimum atomic E-state index is -0.492. The van der Waals surface area contributed by atoms with Crippen LogP contribution in [0.2, 0.25) is 5.02 Å². The lowest BCUT2D eigenvalue weighted by molar-refractivity contribution is -0.117. The van der Waals surface area contributed by atoms with Crippen LogP contribution in [0.25, 0.3) is 0 Å². The van der Waals surface area contributed by atoms with Gasteiger partial charge in [0.1, 0.15) is 11.4 Å². The fourth-order valence-corrected chi connectivity index (χ4v) is 3.63. The molecule has 0 spiro atoms. The van der Waals surface area contributed by atoms with Crippen LogP contribution in [0.1, 0.15) is 29.3 Å². The van der Waals surface area contributed by atoms with Gasteiger partial charge in [0.25, 0.3) is 0 Å². The van der Waals surface area contributed by atoms with Crippen LogP contribution in [-0.4, -0.2) is 70.8 Å².